The fourth-order valence-corrected chi connectivity index (χ4v) is 5.41. The number of aldehydes is 1. The van der Waals surface area contributed by atoms with Crippen molar-refractivity contribution < 1.29 is 19.1 Å². The Balaban J connectivity index is 1.76. The highest BCUT2D eigenvalue weighted by Gasteiger charge is 2.56. The normalized spacial score (nSPS) is 26.8. The molecule has 2 amide bonds. The predicted octanol–water partition coefficient (Wildman–Crippen LogP) is 4.09. The topological polar surface area (TPSA) is 66.9 Å². The Morgan fingerprint density at radius 2 is 1.87 bits per heavy atom. The third kappa shape index (κ3) is 5.57. The minimum atomic E-state index is -0.832. The number of hydrogen-bond acceptors (Lipinski definition) is 4. The van der Waals surface area contributed by atoms with Crippen molar-refractivity contribution in [2.75, 3.05) is 32.8 Å². The zero-order valence-corrected chi connectivity index (χ0v) is 19.3. The van der Waals surface area contributed by atoms with E-state index < -0.39 is 11.3 Å². The van der Waals surface area contributed by atoms with Gasteiger partial charge in [0, 0.05) is 31.8 Å². The summed E-state index contributed by atoms with van der Waals surface area (Å²) in [7, 11) is 0. The number of fused-ring (bicyclic) bond motifs is 1. The maximum Gasteiger partial charge on any atom is 0.231 e. The molecule has 0 aromatic heterocycles. The van der Waals surface area contributed by atoms with Crippen LogP contribution < -0.4 is 0 Å². The highest BCUT2D eigenvalue weighted by Crippen LogP contribution is 2.50. The number of hydrogen-bond donors (Lipinski definition) is 0. The molecule has 0 N–H and O–H groups in total. The van der Waals surface area contributed by atoms with Crippen molar-refractivity contribution in [1.29, 1.82) is 0 Å². The van der Waals surface area contributed by atoms with E-state index in [0.717, 1.165) is 50.5 Å². The van der Waals surface area contributed by atoms with Crippen LogP contribution in [0.2, 0.25) is 0 Å². The van der Waals surface area contributed by atoms with Crippen LogP contribution in [0.25, 0.3) is 0 Å². The van der Waals surface area contributed by atoms with Crippen molar-refractivity contribution in [1.82, 2.24) is 9.80 Å². The van der Waals surface area contributed by atoms with Crippen molar-refractivity contribution in [2.24, 2.45) is 11.3 Å². The summed E-state index contributed by atoms with van der Waals surface area (Å²) in [4.78, 5) is 42.8. The van der Waals surface area contributed by atoms with Crippen LogP contribution in [0.15, 0.2) is 11.8 Å². The van der Waals surface area contributed by atoms with Crippen molar-refractivity contribution in [2.45, 2.75) is 84.0 Å². The van der Waals surface area contributed by atoms with Crippen molar-refractivity contribution in [3.05, 3.63) is 11.8 Å². The minimum absolute atomic E-state index is 0.0181. The minimum Gasteiger partial charge on any atom is -0.378 e. The number of likely N-dealkylation sites (tertiary alicyclic amines) is 1. The fraction of sp³-hybridized carbons (Fsp3) is 0.800. The molecule has 0 aromatic carbocycles. The summed E-state index contributed by atoms with van der Waals surface area (Å²) >= 11 is 0. The summed E-state index contributed by atoms with van der Waals surface area (Å²) in [6.07, 6.45) is 14.9. The van der Waals surface area contributed by atoms with E-state index in [0.29, 0.717) is 39.3 Å². The predicted molar refractivity (Wildman–Crippen MR) is 120 cm³/mol. The van der Waals surface area contributed by atoms with Gasteiger partial charge in [0.25, 0.3) is 0 Å². The molecule has 2 heterocycles. The largest absolute Gasteiger partial charge is 0.378 e. The Morgan fingerprint density at radius 1 is 1.13 bits per heavy atom. The van der Waals surface area contributed by atoms with E-state index in [2.05, 4.69) is 13.0 Å². The van der Waals surface area contributed by atoms with Crippen molar-refractivity contribution in [3.63, 3.8) is 0 Å². The SMILES string of the molecule is CCCCCCCCN1C(=O)[C@@H](CC(=O)N2CCOCC2)[C@]2(C=O)CCCCCC=C12. The van der Waals surface area contributed by atoms with E-state index >= 15 is 0 Å². The Kier molecular flexibility index (Phi) is 9.12. The van der Waals surface area contributed by atoms with Gasteiger partial charge in [-0.15, -0.1) is 0 Å². The first-order valence-corrected chi connectivity index (χ1v) is 12.5. The average Bonchev–Trinajstić information content (AvgIpc) is 2.98. The second-order valence-corrected chi connectivity index (χ2v) is 9.35. The number of unbranched alkanes of at least 4 members (excludes halogenated alkanes) is 5. The first-order valence-electron chi connectivity index (χ1n) is 12.5. The van der Waals surface area contributed by atoms with Crippen LogP contribution in [0.1, 0.15) is 84.0 Å². The average molecular weight is 433 g/mol. The standard InChI is InChI=1S/C25H40N2O4/c1-2-3-4-5-8-11-14-27-22-12-9-6-7-10-13-25(22,20-28)21(24(27)30)19-23(29)26-15-17-31-18-16-26/h12,20-21H,2-11,13-19H2,1H3/t21-,25-/m1/s1. The molecule has 174 valence electrons. The van der Waals surface area contributed by atoms with Crippen LogP contribution in [-0.4, -0.2) is 60.7 Å². The molecule has 2 saturated heterocycles. The number of allylic oxidation sites excluding steroid dienone is 2. The lowest BCUT2D eigenvalue weighted by Gasteiger charge is -2.33. The van der Waals surface area contributed by atoms with Gasteiger partial charge in [-0.05, 0) is 25.7 Å². The number of morpholine rings is 1. The molecule has 6 nitrogen and oxygen atoms in total. The van der Waals surface area contributed by atoms with Gasteiger partial charge in [-0.1, -0.05) is 57.9 Å². The van der Waals surface area contributed by atoms with Crippen LogP contribution >= 0.6 is 0 Å². The third-order valence-corrected chi connectivity index (χ3v) is 7.27. The zero-order chi connectivity index (χ0) is 22.1. The monoisotopic (exact) mass is 432 g/mol. The molecule has 2 fully saturated rings. The van der Waals surface area contributed by atoms with Gasteiger partial charge < -0.3 is 19.3 Å². The van der Waals surface area contributed by atoms with Gasteiger partial charge in [-0.25, -0.2) is 0 Å². The fourth-order valence-electron chi connectivity index (χ4n) is 5.41. The molecule has 0 unspecified atom stereocenters. The molecule has 31 heavy (non-hydrogen) atoms. The van der Waals surface area contributed by atoms with Gasteiger partial charge in [0.1, 0.15) is 6.29 Å². The van der Waals surface area contributed by atoms with Crippen LogP contribution in [0.4, 0.5) is 0 Å². The van der Waals surface area contributed by atoms with E-state index in [1.807, 2.05) is 4.90 Å². The van der Waals surface area contributed by atoms with Gasteiger partial charge in [0.05, 0.1) is 24.5 Å². The first-order chi connectivity index (χ1) is 15.1. The lowest BCUT2D eigenvalue weighted by molar-refractivity contribution is -0.142. The number of nitrogens with zero attached hydrogens (tertiary/aromatic N) is 2. The van der Waals surface area contributed by atoms with E-state index in [-0.39, 0.29) is 18.2 Å². The Morgan fingerprint density at radius 3 is 2.61 bits per heavy atom. The van der Waals surface area contributed by atoms with Crippen LogP contribution in [-0.2, 0) is 19.1 Å². The van der Waals surface area contributed by atoms with Gasteiger partial charge in [-0.3, -0.25) is 9.59 Å². The van der Waals surface area contributed by atoms with E-state index in [1.54, 1.807) is 4.90 Å². The molecule has 1 aliphatic carbocycles. The van der Waals surface area contributed by atoms with Crippen LogP contribution in [0.3, 0.4) is 0 Å². The van der Waals surface area contributed by atoms with Gasteiger partial charge >= 0.3 is 0 Å². The summed E-state index contributed by atoms with van der Waals surface area (Å²) in [5.41, 5.74) is 0.0577. The number of rotatable bonds is 10. The van der Waals surface area contributed by atoms with Crippen molar-refractivity contribution >= 4 is 18.1 Å². The molecule has 0 spiro atoms. The van der Waals surface area contributed by atoms with Gasteiger partial charge in [0.2, 0.25) is 11.8 Å². The molecule has 0 radical (unpaired) electrons. The smallest absolute Gasteiger partial charge is 0.231 e. The highest BCUT2D eigenvalue weighted by atomic mass is 16.5. The van der Waals surface area contributed by atoms with Gasteiger partial charge in [-0.2, -0.15) is 0 Å². The quantitative estimate of drug-likeness (QED) is 0.385. The number of carbonyl (C=O) groups is 3. The molecule has 3 aliphatic rings. The molecule has 0 saturated carbocycles. The molecule has 6 heteroatoms. The Labute approximate surface area is 187 Å². The molecule has 0 bridgehead atoms. The van der Waals surface area contributed by atoms with E-state index in [1.165, 1.54) is 25.7 Å². The first kappa shape index (κ1) is 24.0. The molecule has 3 rings (SSSR count). The maximum atomic E-state index is 13.6. The van der Waals surface area contributed by atoms with Gasteiger partial charge in [0.15, 0.2) is 0 Å². The second kappa shape index (κ2) is 11.8. The Bertz CT molecular complexity index is 656. The van der Waals surface area contributed by atoms with E-state index in [9.17, 15) is 14.4 Å². The lowest BCUT2D eigenvalue weighted by atomic mass is 9.70. The Hall–Kier alpha value is -1.69. The van der Waals surface area contributed by atoms with Crippen LogP contribution in [0.5, 0.6) is 0 Å². The summed E-state index contributed by atoms with van der Waals surface area (Å²) in [6, 6.07) is 0. The molecular weight excluding hydrogens is 392 g/mol. The lowest BCUT2D eigenvalue weighted by Crippen LogP contribution is -2.43. The number of amides is 2. The van der Waals surface area contributed by atoms with Crippen molar-refractivity contribution in [3.8, 4) is 0 Å². The molecular formula is C25H40N2O4. The summed E-state index contributed by atoms with van der Waals surface area (Å²) in [6.45, 7) is 5.09. The third-order valence-electron chi connectivity index (χ3n) is 7.27. The maximum absolute atomic E-state index is 13.6. The summed E-state index contributed by atoms with van der Waals surface area (Å²) in [5, 5.41) is 0. The summed E-state index contributed by atoms with van der Waals surface area (Å²) < 4.78 is 5.36. The van der Waals surface area contributed by atoms with E-state index in [4.69, 9.17) is 4.74 Å². The summed E-state index contributed by atoms with van der Waals surface area (Å²) in [5.74, 6) is -0.606. The molecule has 2 aliphatic heterocycles. The zero-order valence-electron chi connectivity index (χ0n) is 19.3. The number of carbonyl (C=O) groups excluding carboxylic acids is 3. The second-order valence-electron chi connectivity index (χ2n) is 9.35. The number of ether oxygens (including phenoxy) is 1. The van der Waals surface area contributed by atoms with Crippen LogP contribution in [0, 0.1) is 11.3 Å². The highest BCUT2D eigenvalue weighted by molar-refractivity contribution is 5.95. The molecule has 0 aromatic rings. The molecule has 2 atom stereocenters.